The molecule has 0 aliphatic carbocycles. The second kappa shape index (κ2) is 7.12. The average Bonchev–Trinajstić information content (AvgIpc) is 2.95. The van der Waals surface area contributed by atoms with E-state index in [0.717, 1.165) is 29.0 Å². The van der Waals surface area contributed by atoms with Crippen LogP contribution in [0.4, 0.5) is 0 Å². The number of hydrogen-bond acceptors (Lipinski definition) is 5. The zero-order valence-corrected chi connectivity index (χ0v) is 13.7. The van der Waals surface area contributed by atoms with Gasteiger partial charge >= 0.3 is 0 Å². The topological polar surface area (TPSA) is 72.8 Å². The number of rotatable bonds is 5. The number of hydrazone groups is 1. The molecule has 0 unspecified atom stereocenters. The van der Waals surface area contributed by atoms with Gasteiger partial charge in [-0.1, -0.05) is 6.07 Å². The standard InChI is InChI=1S/C18H19N3O3/c1-3-23-16-9-13-8-12(2)24-17(13)10-14(16)11-20-21-18(22)15-6-4-5-7-19-15/h4-7,9-12H,3,8H2,1-2H3,(H,21,22)/b20-11-/t12-/m0/s1. The summed E-state index contributed by atoms with van der Waals surface area (Å²) >= 11 is 0. The van der Waals surface area contributed by atoms with E-state index in [9.17, 15) is 4.79 Å². The van der Waals surface area contributed by atoms with Crippen LogP contribution in [-0.4, -0.2) is 29.8 Å². The van der Waals surface area contributed by atoms with Crippen molar-refractivity contribution in [1.29, 1.82) is 0 Å². The van der Waals surface area contributed by atoms with E-state index in [1.165, 1.54) is 0 Å². The first-order valence-electron chi connectivity index (χ1n) is 7.88. The fraction of sp³-hybridized carbons (Fsp3) is 0.278. The number of aromatic nitrogens is 1. The molecule has 0 saturated carbocycles. The molecule has 124 valence electrons. The molecule has 1 aliphatic heterocycles. The SMILES string of the molecule is CCOc1cc2c(cc1/C=N\NC(=O)c1ccccn1)O[C@@H](C)C2. The number of nitrogens with zero attached hydrogens (tertiary/aromatic N) is 2. The molecule has 0 radical (unpaired) electrons. The largest absolute Gasteiger partial charge is 0.493 e. The lowest BCUT2D eigenvalue weighted by molar-refractivity contribution is 0.0950. The van der Waals surface area contributed by atoms with Crippen LogP contribution in [-0.2, 0) is 6.42 Å². The first-order chi connectivity index (χ1) is 11.7. The molecule has 2 aromatic rings. The number of carbonyl (C=O) groups excluding carboxylic acids is 1. The van der Waals surface area contributed by atoms with Crippen molar-refractivity contribution in [2.75, 3.05) is 6.61 Å². The Morgan fingerprint density at radius 2 is 2.38 bits per heavy atom. The summed E-state index contributed by atoms with van der Waals surface area (Å²) in [5.74, 6) is 1.20. The highest BCUT2D eigenvalue weighted by atomic mass is 16.5. The molecule has 1 N–H and O–H groups in total. The van der Waals surface area contributed by atoms with Gasteiger partial charge < -0.3 is 9.47 Å². The maximum atomic E-state index is 11.9. The number of benzene rings is 1. The number of carbonyl (C=O) groups is 1. The van der Waals surface area contributed by atoms with Gasteiger partial charge in [-0.3, -0.25) is 9.78 Å². The Morgan fingerprint density at radius 1 is 1.50 bits per heavy atom. The zero-order chi connectivity index (χ0) is 16.9. The monoisotopic (exact) mass is 325 g/mol. The fourth-order valence-corrected chi connectivity index (χ4v) is 2.55. The second-order valence-electron chi connectivity index (χ2n) is 5.48. The van der Waals surface area contributed by atoms with Gasteiger partial charge in [-0.15, -0.1) is 0 Å². The maximum Gasteiger partial charge on any atom is 0.289 e. The average molecular weight is 325 g/mol. The normalized spacial score (nSPS) is 15.8. The molecule has 1 aromatic carbocycles. The Labute approximate surface area is 140 Å². The molecule has 0 fully saturated rings. The summed E-state index contributed by atoms with van der Waals surface area (Å²) in [7, 11) is 0. The van der Waals surface area contributed by atoms with E-state index < -0.39 is 0 Å². The van der Waals surface area contributed by atoms with Gasteiger partial charge in [-0.2, -0.15) is 5.10 Å². The van der Waals surface area contributed by atoms with Crippen LogP contribution >= 0.6 is 0 Å². The van der Waals surface area contributed by atoms with Crippen LogP contribution in [0.15, 0.2) is 41.6 Å². The first kappa shape index (κ1) is 16.0. The van der Waals surface area contributed by atoms with Crippen LogP contribution in [0, 0.1) is 0 Å². The van der Waals surface area contributed by atoms with Gasteiger partial charge in [0.25, 0.3) is 5.91 Å². The molecule has 0 bridgehead atoms. The quantitative estimate of drug-likeness (QED) is 0.677. The van der Waals surface area contributed by atoms with Crippen LogP contribution in [0.25, 0.3) is 0 Å². The Morgan fingerprint density at radius 3 is 3.12 bits per heavy atom. The third-order valence-corrected chi connectivity index (χ3v) is 3.60. The van der Waals surface area contributed by atoms with Crippen molar-refractivity contribution in [3.05, 3.63) is 53.3 Å². The maximum absolute atomic E-state index is 11.9. The van der Waals surface area contributed by atoms with Gasteiger partial charge in [0.2, 0.25) is 0 Å². The smallest absolute Gasteiger partial charge is 0.289 e. The van der Waals surface area contributed by atoms with E-state index >= 15 is 0 Å². The molecule has 6 heteroatoms. The third-order valence-electron chi connectivity index (χ3n) is 3.60. The molecular weight excluding hydrogens is 306 g/mol. The molecule has 1 amide bonds. The van der Waals surface area contributed by atoms with Crippen molar-refractivity contribution in [3.8, 4) is 11.5 Å². The molecule has 3 rings (SSSR count). The minimum atomic E-state index is -0.365. The lowest BCUT2D eigenvalue weighted by Gasteiger charge is -2.09. The number of pyridine rings is 1. The number of amides is 1. The Hall–Kier alpha value is -2.89. The lowest BCUT2D eigenvalue weighted by Crippen LogP contribution is -2.18. The van der Waals surface area contributed by atoms with Crippen molar-refractivity contribution in [2.45, 2.75) is 26.4 Å². The van der Waals surface area contributed by atoms with Crippen molar-refractivity contribution in [3.63, 3.8) is 0 Å². The predicted molar refractivity (Wildman–Crippen MR) is 90.7 cm³/mol. The Kier molecular flexibility index (Phi) is 4.74. The second-order valence-corrected chi connectivity index (χ2v) is 5.48. The molecule has 1 aromatic heterocycles. The van der Waals surface area contributed by atoms with E-state index in [2.05, 4.69) is 15.5 Å². The number of ether oxygens (including phenoxy) is 2. The minimum Gasteiger partial charge on any atom is -0.493 e. The minimum absolute atomic E-state index is 0.158. The van der Waals surface area contributed by atoms with Crippen molar-refractivity contribution < 1.29 is 14.3 Å². The number of hydrogen-bond donors (Lipinski definition) is 1. The summed E-state index contributed by atoms with van der Waals surface area (Å²) in [6.07, 6.45) is 4.14. The number of nitrogens with one attached hydrogen (secondary N) is 1. The summed E-state index contributed by atoms with van der Waals surface area (Å²) in [6.45, 7) is 4.51. The van der Waals surface area contributed by atoms with Crippen molar-refractivity contribution in [1.82, 2.24) is 10.4 Å². The highest BCUT2D eigenvalue weighted by molar-refractivity contribution is 5.93. The molecule has 1 atom stereocenters. The van der Waals surface area contributed by atoms with Gasteiger partial charge in [0.1, 0.15) is 23.3 Å². The highest BCUT2D eigenvalue weighted by Crippen LogP contribution is 2.34. The number of fused-ring (bicyclic) bond motifs is 1. The van der Waals surface area contributed by atoms with Crippen molar-refractivity contribution in [2.24, 2.45) is 5.10 Å². The summed E-state index contributed by atoms with van der Waals surface area (Å²) in [4.78, 5) is 15.9. The van der Waals surface area contributed by atoms with E-state index in [1.807, 2.05) is 26.0 Å². The highest BCUT2D eigenvalue weighted by Gasteiger charge is 2.21. The van der Waals surface area contributed by atoms with Gasteiger partial charge in [-0.25, -0.2) is 5.43 Å². The third kappa shape index (κ3) is 3.53. The van der Waals surface area contributed by atoms with E-state index in [4.69, 9.17) is 9.47 Å². The first-order valence-corrected chi connectivity index (χ1v) is 7.88. The fourth-order valence-electron chi connectivity index (χ4n) is 2.55. The molecule has 6 nitrogen and oxygen atoms in total. The summed E-state index contributed by atoms with van der Waals surface area (Å²) in [6, 6.07) is 8.99. The van der Waals surface area contributed by atoms with Crippen LogP contribution in [0.2, 0.25) is 0 Å². The van der Waals surface area contributed by atoms with Crippen LogP contribution < -0.4 is 14.9 Å². The molecule has 0 spiro atoms. The Bertz CT molecular complexity index is 760. The molecule has 2 heterocycles. The molecule has 0 saturated heterocycles. The van der Waals surface area contributed by atoms with Gasteiger partial charge in [0, 0.05) is 23.7 Å². The summed E-state index contributed by atoms with van der Waals surface area (Å²) < 4.78 is 11.4. The van der Waals surface area contributed by atoms with Crippen LogP contribution in [0.1, 0.15) is 35.5 Å². The van der Waals surface area contributed by atoms with Gasteiger partial charge in [0.15, 0.2) is 0 Å². The summed E-state index contributed by atoms with van der Waals surface area (Å²) in [5, 5.41) is 4.01. The van der Waals surface area contributed by atoms with Gasteiger partial charge in [-0.05, 0) is 38.1 Å². The van der Waals surface area contributed by atoms with Crippen LogP contribution in [0.3, 0.4) is 0 Å². The lowest BCUT2D eigenvalue weighted by atomic mass is 10.1. The van der Waals surface area contributed by atoms with E-state index in [-0.39, 0.29) is 12.0 Å². The van der Waals surface area contributed by atoms with Gasteiger partial charge in [0.05, 0.1) is 12.8 Å². The zero-order valence-electron chi connectivity index (χ0n) is 13.7. The van der Waals surface area contributed by atoms with E-state index in [1.54, 1.807) is 30.6 Å². The molecular formula is C18H19N3O3. The van der Waals surface area contributed by atoms with E-state index in [0.29, 0.717) is 12.3 Å². The predicted octanol–water partition coefficient (Wildman–Crippen LogP) is 2.57. The Balaban J connectivity index is 1.76. The summed E-state index contributed by atoms with van der Waals surface area (Å²) in [5.41, 5.74) is 4.66. The van der Waals surface area contributed by atoms with Crippen LogP contribution in [0.5, 0.6) is 11.5 Å². The molecule has 24 heavy (non-hydrogen) atoms. The molecule has 1 aliphatic rings. The van der Waals surface area contributed by atoms with Crippen molar-refractivity contribution >= 4 is 12.1 Å².